The summed E-state index contributed by atoms with van der Waals surface area (Å²) in [5.74, 6) is -0.255. The summed E-state index contributed by atoms with van der Waals surface area (Å²) < 4.78 is 28.2. The first kappa shape index (κ1) is 20.0. The highest BCUT2D eigenvalue weighted by Gasteiger charge is 2.29. The van der Waals surface area contributed by atoms with Crippen LogP contribution in [-0.4, -0.2) is 64.4 Å². The lowest BCUT2D eigenvalue weighted by molar-refractivity contribution is -0.385. The Balaban J connectivity index is 1.68. The average molecular weight is 407 g/mol. The van der Waals surface area contributed by atoms with Gasteiger partial charge < -0.3 is 4.90 Å². The molecule has 0 saturated carbocycles. The Morgan fingerprint density at radius 3 is 2.64 bits per heavy atom. The second kappa shape index (κ2) is 8.07. The highest BCUT2D eigenvalue weighted by molar-refractivity contribution is 7.89. The first-order valence-electron chi connectivity index (χ1n) is 8.78. The van der Waals surface area contributed by atoms with Crippen molar-refractivity contribution in [2.24, 2.45) is 7.05 Å². The Bertz CT molecular complexity index is 987. The number of aromatic nitrogens is 2. The number of nitro groups is 1. The molecule has 1 aliphatic rings. The molecule has 1 amide bonds. The van der Waals surface area contributed by atoms with E-state index in [1.807, 2.05) is 0 Å². The third-order valence-electron chi connectivity index (χ3n) is 4.66. The zero-order valence-corrected chi connectivity index (χ0v) is 16.2. The van der Waals surface area contributed by atoms with E-state index in [4.69, 9.17) is 0 Å². The van der Waals surface area contributed by atoms with Crippen LogP contribution in [0.25, 0.3) is 0 Å². The van der Waals surface area contributed by atoms with Crippen LogP contribution in [0.2, 0.25) is 0 Å². The highest BCUT2D eigenvalue weighted by Crippen LogP contribution is 2.20. The number of hydrogen-bond donors (Lipinski definition) is 0. The van der Waals surface area contributed by atoms with Crippen LogP contribution >= 0.6 is 0 Å². The van der Waals surface area contributed by atoms with Crippen molar-refractivity contribution >= 4 is 21.6 Å². The quantitative estimate of drug-likeness (QED) is 0.534. The average Bonchev–Trinajstić information content (AvgIpc) is 2.94. The van der Waals surface area contributed by atoms with Gasteiger partial charge in [-0.05, 0) is 6.42 Å². The number of amides is 1. The lowest BCUT2D eigenvalue weighted by Crippen LogP contribution is -2.38. The molecule has 1 saturated heterocycles. The van der Waals surface area contributed by atoms with Crippen LogP contribution in [0.4, 0.5) is 5.69 Å². The van der Waals surface area contributed by atoms with Crippen LogP contribution in [0.15, 0.2) is 41.6 Å². The molecule has 1 fully saturated rings. The molecule has 150 valence electrons. The van der Waals surface area contributed by atoms with E-state index in [-0.39, 0.29) is 36.0 Å². The fourth-order valence-electron chi connectivity index (χ4n) is 3.18. The number of sulfonamides is 1. The van der Waals surface area contributed by atoms with Gasteiger partial charge in [-0.3, -0.25) is 19.6 Å². The summed E-state index contributed by atoms with van der Waals surface area (Å²) in [7, 11) is -2.02. The van der Waals surface area contributed by atoms with Crippen molar-refractivity contribution in [3.8, 4) is 0 Å². The normalized spacial score (nSPS) is 16.0. The number of para-hydroxylation sites is 1. The first-order valence-corrected chi connectivity index (χ1v) is 10.2. The standard InChI is InChI=1S/C17H21N5O5S/c1-19-13-15(12-18-19)28(26,27)21-8-4-7-20(9-10-21)17(23)11-14-5-2-3-6-16(14)22(24)25/h2-3,5-6,12-13H,4,7-11H2,1H3. The molecule has 0 bridgehead atoms. The van der Waals surface area contributed by atoms with Gasteiger partial charge in [0.25, 0.3) is 5.69 Å². The molecule has 11 heteroatoms. The van der Waals surface area contributed by atoms with Gasteiger partial charge in [-0.15, -0.1) is 0 Å². The molecule has 2 aromatic rings. The molecule has 0 atom stereocenters. The zero-order chi connectivity index (χ0) is 20.3. The van der Waals surface area contributed by atoms with Crippen LogP contribution in [0.5, 0.6) is 0 Å². The van der Waals surface area contributed by atoms with E-state index in [2.05, 4.69) is 5.10 Å². The molecule has 0 unspecified atom stereocenters. The Kier molecular flexibility index (Phi) is 5.75. The lowest BCUT2D eigenvalue weighted by Gasteiger charge is -2.21. The first-order chi connectivity index (χ1) is 13.3. The number of carbonyl (C=O) groups excluding carboxylic acids is 1. The predicted octanol–water partition coefficient (Wildman–Crippen LogP) is 0.794. The minimum Gasteiger partial charge on any atom is -0.341 e. The maximum Gasteiger partial charge on any atom is 0.273 e. The number of nitrogens with zero attached hydrogens (tertiary/aromatic N) is 5. The summed E-state index contributed by atoms with van der Waals surface area (Å²) in [5, 5.41) is 15.0. The number of nitro benzene ring substituents is 1. The van der Waals surface area contributed by atoms with Crippen molar-refractivity contribution < 1.29 is 18.1 Å². The molecule has 10 nitrogen and oxygen atoms in total. The molecular weight excluding hydrogens is 386 g/mol. The molecule has 0 aliphatic carbocycles. The van der Waals surface area contributed by atoms with Crippen LogP contribution < -0.4 is 0 Å². The topological polar surface area (TPSA) is 119 Å². The fraction of sp³-hybridized carbons (Fsp3) is 0.412. The molecule has 28 heavy (non-hydrogen) atoms. The minimum atomic E-state index is -3.67. The van der Waals surface area contributed by atoms with Crippen molar-refractivity contribution in [1.82, 2.24) is 19.0 Å². The van der Waals surface area contributed by atoms with Gasteiger partial charge in [-0.25, -0.2) is 8.42 Å². The van der Waals surface area contributed by atoms with Crippen LogP contribution in [0.3, 0.4) is 0 Å². The molecule has 1 aromatic carbocycles. The van der Waals surface area contributed by atoms with Crippen molar-refractivity contribution in [1.29, 1.82) is 0 Å². The maximum absolute atomic E-state index is 12.7. The Hall–Kier alpha value is -2.79. The lowest BCUT2D eigenvalue weighted by atomic mass is 10.1. The van der Waals surface area contributed by atoms with Gasteiger partial charge in [-0.1, -0.05) is 18.2 Å². The van der Waals surface area contributed by atoms with Crippen molar-refractivity contribution in [2.45, 2.75) is 17.7 Å². The summed E-state index contributed by atoms with van der Waals surface area (Å²) in [6.45, 7) is 1.10. The van der Waals surface area contributed by atoms with Gasteiger partial charge in [-0.2, -0.15) is 9.40 Å². The third-order valence-corrected chi connectivity index (χ3v) is 6.51. The second-order valence-electron chi connectivity index (χ2n) is 6.55. The van der Waals surface area contributed by atoms with Gasteiger partial charge in [0.05, 0.1) is 17.5 Å². The number of carbonyl (C=O) groups is 1. The summed E-state index contributed by atoms with van der Waals surface area (Å²) in [6, 6.07) is 6.14. The van der Waals surface area contributed by atoms with E-state index in [0.717, 1.165) is 0 Å². The minimum absolute atomic E-state index is 0.0908. The Labute approximate surface area is 162 Å². The van der Waals surface area contributed by atoms with Gasteiger partial charge >= 0.3 is 0 Å². The van der Waals surface area contributed by atoms with Crippen LogP contribution in [0.1, 0.15) is 12.0 Å². The predicted molar refractivity (Wildman–Crippen MR) is 100.0 cm³/mol. The number of benzene rings is 1. The van der Waals surface area contributed by atoms with E-state index in [9.17, 15) is 23.3 Å². The number of hydrogen-bond acceptors (Lipinski definition) is 6. The Morgan fingerprint density at radius 2 is 1.96 bits per heavy atom. The van der Waals surface area contributed by atoms with E-state index >= 15 is 0 Å². The largest absolute Gasteiger partial charge is 0.341 e. The molecule has 3 rings (SSSR count). The van der Waals surface area contributed by atoms with Crippen molar-refractivity contribution in [3.05, 3.63) is 52.3 Å². The smallest absolute Gasteiger partial charge is 0.273 e. The Morgan fingerprint density at radius 1 is 1.21 bits per heavy atom. The monoisotopic (exact) mass is 407 g/mol. The van der Waals surface area contributed by atoms with Crippen molar-refractivity contribution in [2.75, 3.05) is 26.2 Å². The summed E-state index contributed by atoms with van der Waals surface area (Å²) in [4.78, 5) is 24.9. The molecule has 0 spiro atoms. The third kappa shape index (κ3) is 4.20. The maximum atomic E-state index is 12.7. The number of aryl methyl sites for hydroxylation is 1. The van der Waals surface area contributed by atoms with Gasteiger partial charge in [0.2, 0.25) is 15.9 Å². The summed E-state index contributed by atoms with van der Waals surface area (Å²) in [5.41, 5.74) is 0.257. The van der Waals surface area contributed by atoms with E-state index < -0.39 is 14.9 Å². The van der Waals surface area contributed by atoms with Crippen LogP contribution in [0, 0.1) is 10.1 Å². The van der Waals surface area contributed by atoms with Crippen molar-refractivity contribution in [3.63, 3.8) is 0 Å². The molecule has 0 radical (unpaired) electrons. The molecule has 1 aromatic heterocycles. The van der Waals surface area contributed by atoms with E-state index in [1.54, 1.807) is 30.1 Å². The van der Waals surface area contributed by atoms with Gasteiger partial charge in [0.15, 0.2) is 0 Å². The van der Waals surface area contributed by atoms with E-state index in [0.29, 0.717) is 25.1 Å². The fourth-order valence-corrected chi connectivity index (χ4v) is 4.63. The molecular formula is C17H21N5O5S. The molecule has 0 N–H and O–H groups in total. The summed E-state index contributed by atoms with van der Waals surface area (Å²) >= 11 is 0. The van der Waals surface area contributed by atoms with Gasteiger partial charge in [0, 0.05) is 51.1 Å². The molecule has 1 aliphatic heterocycles. The highest BCUT2D eigenvalue weighted by atomic mass is 32.2. The summed E-state index contributed by atoms with van der Waals surface area (Å²) in [6.07, 6.45) is 3.14. The zero-order valence-electron chi connectivity index (χ0n) is 15.4. The SMILES string of the molecule is Cn1cc(S(=O)(=O)N2CCCN(C(=O)Cc3ccccc3[N+](=O)[O-])CC2)cn1. The molecule has 2 heterocycles. The number of rotatable bonds is 5. The van der Waals surface area contributed by atoms with Gasteiger partial charge in [0.1, 0.15) is 4.90 Å². The van der Waals surface area contributed by atoms with Crippen LogP contribution in [-0.2, 0) is 28.3 Å². The second-order valence-corrected chi connectivity index (χ2v) is 8.49. The van der Waals surface area contributed by atoms with E-state index in [1.165, 1.54) is 27.4 Å².